The van der Waals surface area contributed by atoms with E-state index in [9.17, 15) is 0 Å². The summed E-state index contributed by atoms with van der Waals surface area (Å²) in [5.41, 5.74) is 7.86. The number of rotatable bonds is 5. The van der Waals surface area contributed by atoms with Gasteiger partial charge in [0.1, 0.15) is 0 Å². The average Bonchev–Trinajstić information content (AvgIpc) is 3.11. The van der Waals surface area contributed by atoms with Gasteiger partial charge in [0.2, 0.25) is 0 Å². The number of aromatic nitrogens is 1. The van der Waals surface area contributed by atoms with Crippen molar-refractivity contribution in [1.29, 1.82) is 0 Å². The van der Waals surface area contributed by atoms with Crippen LogP contribution in [-0.2, 0) is 4.74 Å². The number of nitrogens with one attached hydrogen (secondary N) is 3. The maximum atomic E-state index is 5.40. The van der Waals surface area contributed by atoms with Crippen molar-refractivity contribution < 1.29 is 4.74 Å². The first-order valence-corrected chi connectivity index (χ1v) is 7.10. The average molecular weight is 299 g/mol. The monoisotopic (exact) mass is 298 g/mol. The highest BCUT2D eigenvalue weighted by Crippen LogP contribution is 2.23. The third-order valence-electron chi connectivity index (χ3n) is 4.00. The molecule has 0 aliphatic carbocycles. The molecule has 5 nitrogen and oxygen atoms in total. The molecule has 20 heavy (non-hydrogen) atoms. The third-order valence-corrected chi connectivity index (χ3v) is 4.00. The molecule has 6 heteroatoms. The van der Waals surface area contributed by atoms with Crippen molar-refractivity contribution in [2.45, 2.75) is 12.5 Å². The molecule has 2 saturated heterocycles. The molecule has 0 bridgehead atoms. The number of hydrogen-bond donors (Lipinski definition) is 3. The molecule has 3 heterocycles. The molecule has 1 aromatic rings. The van der Waals surface area contributed by atoms with Crippen LogP contribution in [0.3, 0.4) is 0 Å². The highest BCUT2D eigenvalue weighted by molar-refractivity contribution is 5.85. The van der Waals surface area contributed by atoms with E-state index in [4.69, 9.17) is 4.74 Å². The minimum Gasteiger partial charge on any atom is -0.381 e. The first kappa shape index (κ1) is 15.7. The molecule has 1 aromatic heterocycles. The van der Waals surface area contributed by atoms with E-state index in [0.717, 1.165) is 32.8 Å². The maximum absolute atomic E-state index is 5.40. The minimum absolute atomic E-state index is 0. The molecule has 3 unspecified atom stereocenters. The lowest BCUT2D eigenvalue weighted by Gasteiger charge is -2.19. The Kier molecular flexibility index (Phi) is 6.19. The molecule has 2 aliphatic heterocycles. The summed E-state index contributed by atoms with van der Waals surface area (Å²) in [4.78, 5) is 4.20. The molecule has 0 radical (unpaired) electrons. The lowest BCUT2D eigenvalue weighted by atomic mass is 9.96. The number of pyridine rings is 1. The Hall–Kier alpha value is -0.720. The van der Waals surface area contributed by atoms with Crippen LogP contribution in [-0.4, -0.2) is 37.8 Å². The summed E-state index contributed by atoms with van der Waals surface area (Å²) < 4.78 is 5.40. The zero-order chi connectivity index (χ0) is 12.9. The molecule has 0 saturated carbocycles. The van der Waals surface area contributed by atoms with Crippen LogP contribution in [0.1, 0.15) is 18.0 Å². The van der Waals surface area contributed by atoms with E-state index < -0.39 is 0 Å². The largest absolute Gasteiger partial charge is 0.381 e. The van der Waals surface area contributed by atoms with Crippen molar-refractivity contribution in [2.75, 3.05) is 32.8 Å². The van der Waals surface area contributed by atoms with E-state index in [-0.39, 0.29) is 12.4 Å². The second-order valence-corrected chi connectivity index (χ2v) is 5.44. The predicted octanol–water partition coefficient (Wildman–Crippen LogP) is 0.895. The maximum Gasteiger partial charge on any atom is 0.0530 e. The Balaban J connectivity index is 0.00000147. The van der Waals surface area contributed by atoms with Gasteiger partial charge in [0.05, 0.1) is 12.6 Å². The molecule has 2 aliphatic rings. The lowest BCUT2D eigenvalue weighted by molar-refractivity contribution is 0.185. The van der Waals surface area contributed by atoms with E-state index in [0.29, 0.717) is 17.9 Å². The van der Waals surface area contributed by atoms with Gasteiger partial charge in [0.15, 0.2) is 0 Å². The van der Waals surface area contributed by atoms with Crippen LogP contribution in [0.2, 0.25) is 0 Å². The van der Waals surface area contributed by atoms with Crippen molar-refractivity contribution in [3.63, 3.8) is 0 Å². The minimum atomic E-state index is 0. The first-order valence-electron chi connectivity index (χ1n) is 7.10. The molecular formula is C14H23ClN4O. The van der Waals surface area contributed by atoms with Gasteiger partial charge in [-0.15, -0.1) is 12.4 Å². The molecule has 3 N–H and O–H groups in total. The predicted molar refractivity (Wildman–Crippen MR) is 80.7 cm³/mol. The molecule has 0 spiro atoms. The molecule has 2 fully saturated rings. The van der Waals surface area contributed by atoms with E-state index >= 15 is 0 Å². The van der Waals surface area contributed by atoms with Crippen LogP contribution in [0.25, 0.3) is 0 Å². The van der Waals surface area contributed by atoms with Gasteiger partial charge in [-0.05, 0) is 24.0 Å². The Morgan fingerprint density at radius 3 is 3.10 bits per heavy atom. The summed E-state index contributed by atoms with van der Waals surface area (Å²) in [6, 6.07) is 4.48. The first-order chi connectivity index (χ1) is 9.43. The molecule has 3 atom stereocenters. The van der Waals surface area contributed by atoms with Crippen LogP contribution >= 0.6 is 12.4 Å². The van der Waals surface area contributed by atoms with E-state index in [1.807, 2.05) is 18.5 Å². The summed E-state index contributed by atoms with van der Waals surface area (Å²) in [6.07, 6.45) is 4.96. The van der Waals surface area contributed by atoms with E-state index in [2.05, 4.69) is 27.2 Å². The number of hydrogen-bond acceptors (Lipinski definition) is 5. The van der Waals surface area contributed by atoms with Crippen LogP contribution in [0.5, 0.6) is 0 Å². The Bertz CT molecular complexity index is 386. The number of halogens is 1. The van der Waals surface area contributed by atoms with Gasteiger partial charge in [-0.2, -0.15) is 0 Å². The van der Waals surface area contributed by atoms with Crippen LogP contribution in [0.4, 0.5) is 0 Å². The zero-order valence-electron chi connectivity index (χ0n) is 11.5. The van der Waals surface area contributed by atoms with Gasteiger partial charge in [0, 0.05) is 44.6 Å². The topological polar surface area (TPSA) is 58.2 Å². The van der Waals surface area contributed by atoms with Crippen molar-refractivity contribution in [2.24, 2.45) is 11.8 Å². The van der Waals surface area contributed by atoms with Gasteiger partial charge in [-0.3, -0.25) is 10.4 Å². The molecular weight excluding hydrogens is 276 g/mol. The fourth-order valence-electron chi connectivity index (χ4n) is 2.86. The Labute approximate surface area is 126 Å². The Morgan fingerprint density at radius 2 is 2.35 bits per heavy atom. The van der Waals surface area contributed by atoms with Gasteiger partial charge < -0.3 is 10.1 Å². The second-order valence-electron chi connectivity index (χ2n) is 5.44. The molecule has 112 valence electrons. The summed E-state index contributed by atoms with van der Waals surface area (Å²) in [5.74, 6) is 1.26. The highest BCUT2D eigenvalue weighted by Gasteiger charge is 2.28. The smallest absolute Gasteiger partial charge is 0.0530 e. The summed E-state index contributed by atoms with van der Waals surface area (Å²) >= 11 is 0. The van der Waals surface area contributed by atoms with Crippen LogP contribution in [0.15, 0.2) is 24.5 Å². The van der Waals surface area contributed by atoms with Gasteiger partial charge in [-0.1, -0.05) is 6.07 Å². The van der Waals surface area contributed by atoms with Crippen molar-refractivity contribution in [3.05, 3.63) is 30.1 Å². The second kappa shape index (κ2) is 7.90. The summed E-state index contributed by atoms with van der Waals surface area (Å²) in [7, 11) is 0. The van der Waals surface area contributed by atoms with Crippen molar-refractivity contribution in [3.8, 4) is 0 Å². The van der Waals surface area contributed by atoms with Gasteiger partial charge >= 0.3 is 0 Å². The SMILES string of the molecule is Cl.c1cncc(C2NNCC2CNCC2CCOC2)c1. The standard InChI is InChI=1S/C14H22N4O.ClH/c1-2-12(7-15-4-1)14-13(9-17-18-14)8-16-6-11-3-5-19-10-11;/h1-2,4,7,11,13-14,16-18H,3,5-6,8-10H2;1H. The summed E-state index contributed by atoms with van der Waals surface area (Å²) in [6.45, 7) is 4.93. The lowest BCUT2D eigenvalue weighted by Crippen LogP contribution is -2.32. The molecule has 0 aromatic carbocycles. The van der Waals surface area contributed by atoms with Crippen molar-refractivity contribution >= 4 is 12.4 Å². The third kappa shape index (κ3) is 3.90. The molecule has 0 amide bonds. The number of ether oxygens (including phenoxy) is 1. The fourth-order valence-corrected chi connectivity index (χ4v) is 2.86. The van der Waals surface area contributed by atoms with Crippen molar-refractivity contribution in [1.82, 2.24) is 21.2 Å². The molecule has 3 rings (SSSR count). The quantitative estimate of drug-likeness (QED) is 0.754. The normalized spacial score (nSPS) is 29.3. The van der Waals surface area contributed by atoms with E-state index in [1.165, 1.54) is 12.0 Å². The van der Waals surface area contributed by atoms with Crippen LogP contribution in [0, 0.1) is 11.8 Å². The number of hydrazine groups is 1. The van der Waals surface area contributed by atoms with Gasteiger partial charge in [0.25, 0.3) is 0 Å². The number of nitrogens with zero attached hydrogens (tertiary/aromatic N) is 1. The van der Waals surface area contributed by atoms with E-state index in [1.54, 1.807) is 0 Å². The van der Waals surface area contributed by atoms with Gasteiger partial charge in [-0.25, -0.2) is 5.43 Å². The summed E-state index contributed by atoms with van der Waals surface area (Å²) in [5, 5.41) is 3.59. The Morgan fingerprint density at radius 1 is 1.40 bits per heavy atom. The highest BCUT2D eigenvalue weighted by atomic mass is 35.5. The van der Waals surface area contributed by atoms with Crippen LogP contribution < -0.4 is 16.2 Å². The fraction of sp³-hybridized carbons (Fsp3) is 0.643. The zero-order valence-corrected chi connectivity index (χ0v) is 12.4.